The molecule has 0 saturated heterocycles. The zero-order valence-electron chi connectivity index (χ0n) is 27.5. The van der Waals surface area contributed by atoms with Crippen LogP contribution in [-0.4, -0.2) is 23.1 Å². The maximum absolute atomic E-state index is 11.2. The molecule has 0 spiro atoms. The molecule has 47 heavy (non-hydrogen) atoms. The second-order valence-corrected chi connectivity index (χ2v) is 20.6. The molecule has 0 unspecified atom stereocenters. The monoisotopic (exact) mass is 648 g/mol. The molecule has 1 N–H and O–H groups in total. The molecule has 0 aliphatic rings. The Hall–Kier alpha value is -4.78. The summed E-state index contributed by atoms with van der Waals surface area (Å²) in [5.74, 6) is 0.309. The normalized spacial score (nSPS) is 12.6. The molecule has 0 radical (unpaired) electrons. The number of aromatic nitrogens is 2. The third-order valence-corrected chi connectivity index (χ3v) is 12.2. The van der Waals surface area contributed by atoms with E-state index < -0.39 is 8.07 Å². The first kappa shape index (κ1) is 29.6. The number of nitrogens with zero attached hydrogens (tertiary/aromatic N) is 2. The second-order valence-electron chi connectivity index (χ2n) is 14.5. The Bertz CT molecular complexity index is 2390. The molecular weight excluding hydrogens is 613 g/mol. The van der Waals surface area contributed by atoms with Crippen molar-refractivity contribution in [3.05, 3.63) is 109 Å². The third kappa shape index (κ3) is 5.03. The standard InChI is InChI=1S/C41H36N2O2SSi/c1-41(2,3)29-22-30(31-23-34-38-37-33(45-34)16-11-17-35(37)46-40(38)43-31)42-39(36(29)24-12-8-7-9-13-24)26-15-10-14-25(20-26)28-19-18-27(21-32(28)44)47(4,5)6/h7-23,44H,1-6H3. The highest BCUT2D eigenvalue weighted by molar-refractivity contribution is 7.25. The van der Waals surface area contributed by atoms with Crippen molar-refractivity contribution < 1.29 is 9.52 Å². The average Bonchev–Trinajstić information content (AvgIpc) is 3.63. The summed E-state index contributed by atoms with van der Waals surface area (Å²) >= 11 is 1.70. The lowest BCUT2D eigenvalue weighted by Crippen LogP contribution is -2.37. The number of aromatic hydroxyl groups is 1. The van der Waals surface area contributed by atoms with Gasteiger partial charge >= 0.3 is 0 Å². The molecule has 4 heterocycles. The largest absolute Gasteiger partial charge is 0.507 e. The quantitative estimate of drug-likeness (QED) is 0.189. The van der Waals surface area contributed by atoms with Crippen molar-refractivity contribution in [1.82, 2.24) is 9.97 Å². The zero-order valence-corrected chi connectivity index (χ0v) is 29.3. The van der Waals surface area contributed by atoms with Crippen LogP contribution in [0.15, 0.2) is 108 Å². The van der Waals surface area contributed by atoms with Crippen LogP contribution in [0, 0.1) is 0 Å². The van der Waals surface area contributed by atoms with Gasteiger partial charge in [-0.25, -0.2) is 9.97 Å². The molecule has 0 bridgehead atoms. The highest BCUT2D eigenvalue weighted by Gasteiger charge is 2.27. The van der Waals surface area contributed by atoms with Crippen LogP contribution in [0.3, 0.4) is 0 Å². The number of phenolic OH excluding ortho intramolecular Hbond substituents is 1. The summed E-state index contributed by atoms with van der Waals surface area (Å²) in [6.07, 6.45) is 0. The van der Waals surface area contributed by atoms with E-state index in [1.54, 1.807) is 11.3 Å². The third-order valence-electron chi connectivity index (χ3n) is 9.08. The van der Waals surface area contributed by atoms with Gasteiger partial charge in [0.25, 0.3) is 0 Å². The predicted octanol–water partition coefficient (Wildman–Crippen LogP) is 11.2. The van der Waals surface area contributed by atoms with Gasteiger partial charge in [-0.2, -0.15) is 0 Å². The number of rotatable bonds is 5. The number of benzene rings is 4. The van der Waals surface area contributed by atoms with Gasteiger partial charge < -0.3 is 9.52 Å². The van der Waals surface area contributed by atoms with Crippen LogP contribution >= 0.6 is 11.3 Å². The fraction of sp³-hybridized carbons (Fsp3) is 0.171. The van der Waals surface area contributed by atoms with Crippen LogP contribution in [0.4, 0.5) is 0 Å². The van der Waals surface area contributed by atoms with E-state index in [1.165, 1.54) is 15.5 Å². The minimum Gasteiger partial charge on any atom is -0.507 e. The first-order valence-electron chi connectivity index (χ1n) is 16.1. The van der Waals surface area contributed by atoms with Crippen LogP contribution in [0.2, 0.25) is 19.6 Å². The summed E-state index contributed by atoms with van der Waals surface area (Å²) in [6, 6.07) is 35.6. The molecular formula is C41H36N2O2SSi. The maximum atomic E-state index is 11.2. The molecule has 4 nitrogen and oxygen atoms in total. The number of hydrogen-bond donors (Lipinski definition) is 1. The molecule has 8 aromatic rings. The molecule has 4 aromatic heterocycles. The molecule has 0 atom stereocenters. The first-order chi connectivity index (χ1) is 22.5. The van der Waals surface area contributed by atoms with Gasteiger partial charge in [0.2, 0.25) is 0 Å². The van der Waals surface area contributed by atoms with Gasteiger partial charge in [-0.1, -0.05) is 112 Å². The van der Waals surface area contributed by atoms with Crippen molar-refractivity contribution in [2.75, 3.05) is 0 Å². The minimum absolute atomic E-state index is 0.192. The number of furan rings is 1. The molecule has 232 valence electrons. The number of hydrogen-bond acceptors (Lipinski definition) is 5. The van der Waals surface area contributed by atoms with Gasteiger partial charge in [-0.15, -0.1) is 11.3 Å². The van der Waals surface area contributed by atoms with Gasteiger partial charge in [-0.3, -0.25) is 0 Å². The summed E-state index contributed by atoms with van der Waals surface area (Å²) < 4.78 is 7.53. The van der Waals surface area contributed by atoms with E-state index in [0.29, 0.717) is 5.75 Å². The van der Waals surface area contributed by atoms with Crippen molar-refractivity contribution in [2.45, 2.75) is 45.8 Å². The lowest BCUT2D eigenvalue weighted by molar-refractivity contribution is 0.478. The van der Waals surface area contributed by atoms with Gasteiger partial charge in [0.05, 0.1) is 30.5 Å². The van der Waals surface area contributed by atoms with Crippen LogP contribution < -0.4 is 5.19 Å². The molecule has 0 aliphatic heterocycles. The smallest absolute Gasteiger partial charge is 0.140 e. The Labute approximate surface area is 279 Å². The maximum Gasteiger partial charge on any atom is 0.140 e. The van der Waals surface area contributed by atoms with E-state index in [0.717, 1.165) is 71.7 Å². The fourth-order valence-corrected chi connectivity index (χ4v) is 8.88. The van der Waals surface area contributed by atoms with Crippen molar-refractivity contribution >= 4 is 56.1 Å². The first-order valence-corrected chi connectivity index (χ1v) is 20.4. The van der Waals surface area contributed by atoms with E-state index in [-0.39, 0.29) is 5.41 Å². The van der Waals surface area contributed by atoms with Crippen LogP contribution in [0.25, 0.3) is 76.4 Å². The van der Waals surface area contributed by atoms with Crippen molar-refractivity contribution in [1.29, 1.82) is 0 Å². The number of pyridine rings is 2. The average molecular weight is 649 g/mol. The number of phenols is 1. The van der Waals surface area contributed by atoms with Gasteiger partial charge in [0.1, 0.15) is 21.7 Å². The summed E-state index contributed by atoms with van der Waals surface area (Å²) in [5, 5.41) is 14.7. The van der Waals surface area contributed by atoms with Crippen molar-refractivity contribution in [3.63, 3.8) is 0 Å². The van der Waals surface area contributed by atoms with Gasteiger partial charge in [-0.05, 0) is 52.4 Å². The molecule has 0 saturated carbocycles. The van der Waals surface area contributed by atoms with Crippen molar-refractivity contribution in [3.8, 4) is 50.6 Å². The van der Waals surface area contributed by atoms with Gasteiger partial charge in [0.15, 0.2) is 0 Å². The Kier molecular flexibility index (Phi) is 6.69. The summed E-state index contributed by atoms with van der Waals surface area (Å²) in [7, 11) is -1.57. The summed E-state index contributed by atoms with van der Waals surface area (Å²) in [5.41, 5.74) is 10.2. The highest BCUT2D eigenvalue weighted by Crippen LogP contribution is 2.45. The van der Waals surface area contributed by atoms with Crippen LogP contribution in [0.1, 0.15) is 26.3 Å². The van der Waals surface area contributed by atoms with Crippen LogP contribution in [-0.2, 0) is 5.41 Å². The topological polar surface area (TPSA) is 59.2 Å². The fourth-order valence-electron chi connectivity index (χ4n) is 6.62. The van der Waals surface area contributed by atoms with E-state index in [4.69, 9.17) is 14.4 Å². The Morgan fingerprint density at radius 1 is 0.681 bits per heavy atom. The van der Waals surface area contributed by atoms with E-state index in [2.05, 4.69) is 113 Å². The summed E-state index contributed by atoms with van der Waals surface area (Å²) in [4.78, 5) is 11.6. The Balaban J connectivity index is 1.37. The van der Waals surface area contributed by atoms with E-state index >= 15 is 0 Å². The molecule has 0 fully saturated rings. The molecule has 8 rings (SSSR count). The Morgan fingerprint density at radius 2 is 1.40 bits per heavy atom. The minimum atomic E-state index is -1.57. The van der Waals surface area contributed by atoms with E-state index in [9.17, 15) is 5.11 Å². The van der Waals surface area contributed by atoms with Gasteiger partial charge in [0, 0.05) is 32.8 Å². The SMILES string of the molecule is CC(C)(C)c1cc(-c2cc3oc4cccc5sc(n2)c3c45)nc(-c2cccc(-c3ccc([Si](C)(C)C)cc3O)c2)c1-c1ccccc1. The molecule has 4 aromatic carbocycles. The zero-order chi connectivity index (χ0) is 32.7. The molecule has 6 heteroatoms. The van der Waals surface area contributed by atoms with E-state index in [1.807, 2.05) is 30.3 Å². The summed E-state index contributed by atoms with van der Waals surface area (Å²) in [6.45, 7) is 13.6. The number of thiophene rings is 1. The Morgan fingerprint density at radius 3 is 2.15 bits per heavy atom. The second kappa shape index (κ2) is 10.6. The molecule has 0 amide bonds. The predicted molar refractivity (Wildman–Crippen MR) is 201 cm³/mol. The van der Waals surface area contributed by atoms with Crippen LogP contribution in [0.5, 0.6) is 5.75 Å². The lowest BCUT2D eigenvalue weighted by atomic mass is 9.79. The van der Waals surface area contributed by atoms with Crippen molar-refractivity contribution in [2.24, 2.45) is 0 Å². The molecule has 0 aliphatic carbocycles. The lowest BCUT2D eigenvalue weighted by Gasteiger charge is -2.26. The highest BCUT2D eigenvalue weighted by atomic mass is 32.1.